The summed E-state index contributed by atoms with van der Waals surface area (Å²) in [5.74, 6) is 5.47. The fourth-order valence-electron chi connectivity index (χ4n) is 1.07. The Hall–Kier alpha value is -1.37. The lowest BCUT2D eigenvalue weighted by atomic mass is 10.2. The van der Waals surface area contributed by atoms with Crippen molar-refractivity contribution in [1.29, 1.82) is 0 Å². The molecule has 0 atom stereocenters. The van der Waals surface area contributed by atoms with Crippen LogP contribution < -0.4 is 0 Å². The van der Waals surface area contributed by atoms with E-state index in [0.29, 0.717) is 0 Å². The molecule has 0 saturated carbocycles. The van der Waals surface area contributed by atoms with E-state index in [4.69, 9.17) is 5.11 Å². The number of aliphatic hydroxyl groups is 1. The fraction of sp³-hybridized carbons (Fsp3) is 0.100. The molecule has 1 aromatic carbocycles. The average Bonchev–Trinajstić information content (AvgIpc) is 2.61. The van der Waals surface area contributed by atoms with Gasteiger partial charge in [0.15, 0.2) is 0 Å². The molecule has 0 bridgehead atoms. The molecule has 2 nitrogen and oxygen atoms in total. The van der Waals surface area contributed by atoms with Gasteiger partial charge < -0.3 is 5.11 Å². The summed E-state index contributed by atoms with van der Waals surface area (Å²) in [4.78, 5) is 4.16. The highest BCUT2D eigenvalue weighted by Gasteiger charge is 1.95. The molecule has 0 fully saturated rings. The lowest BCUT2D eigenvalue weighted by Gasteiger charge is -1.89. The number of benzene rings is 1. The van der Waals surface area contributed by atoms with Crippen molar-refractivity contribution in [1.82, 2.24) is 4.98 Å². The summed E-state index contributed by atoms with van der Waals surface area (Å²) in [7, 11) is 0. The summed E-state index contributed by atoms with van der Waals surface area (Å²) in [6.45, 7) is -0.0965. The summed E-state index contributed by atoms with van der Waals surface area (Å²) < 4.78 is 1.13. The van der Waals surface area contributed by atoms with Crippen molar-refractivity contribution in [2.45, 2.75) is 0 Å². The van der Waals surface area contributed by atoms with Crippen LogP contribution in [0, 0.1) is 11.8 Å². The van der Waals surface area contributed by atoms with Crippen molar-refractivity contribution in [2.24, 2.45) is 0 Å². The zero-order valence-electron chi connectivity index (χ0n) is 6.82. The molecule has 3 heteroatoms. The van der Waals surface area contributed by atoms with Crippen LogP contribution in [0.15, 0.2) is 23.7 Å². The number of hydrogen-bond acceptors (Lipinski definition) is 3. The Morgan fingerprint density at radius 2 is 2.38 bits per heavy atom. The zero-order chi connectivity index (χ0) is 9.10. The van der Waals surface area contributed by atoms with Gasteiger partial charge in [-0.1, -0.05) is 11.8 Å². The van der Waals surface area contributed by atoms with E-state index >= 15 is 0 Å². The first-order valence-corrected chi connectivity index (χ1v) is 4.71. The summed E-state index contributed by atoms with van der Waals surface area (Å²) in [5.41, 5.74) is 3.74. The summed E-state index contributed by atoms with van der Waals surface area (Å²) in [5, 5.41) is 8.52. The van der Waals surface area contributed by atoms with Crippen LogP contribution in [0.25, 0.3) is 10.2 Å². The highest BCUT2D eigenvalue weighted by Crippen LogP contribution is 2.18. The number of fused-ring (bicyclic) bond motifs is 1. The van der Waals surface area contributed by atoms with Crippen molar-refractivity contribution in [3.8, 4) is 11.8 Å². The van der Waals surface area contributed by atoms with Gasteiger partial charge in [-0.2, -0.15) is 0 Å². The smallest absolute Gasteiger partial charge is 0.104 e. The Balaban J connectivity index is 2.48. The van der Waals surface area contributed by atoms with Gasteiger partial charge in [0.05, 0.1) is 15.7 Å². The second kappa shape index (κ2) is 3.56. The highest BCUT2D eigenvalue weighted by atomic mass is 32.1. The molecule has 0 unspecified atom stereocenters. The molecule has 0 radical (unpaired) electrons. The third kappa shape index (κ3) is 1.69. The molecule has 2 rings (SSSR count). The molecule has 0 aliphatic rings. The quantitative estimate of drug-likeness (QED) is 0.639. The maximum Gasteiger partial charge on any atom is 0.104 e. The van der Waals surface area contributed by atoms with Gasteiger partial charge in [-0.3, -0.25) is 0 Å². The van der Waals surface area contributed by atoms with Gasteiger partial charge >= 0.3 is 0 Å². The van der Waals surface area contributed by atoms with Gasteiger partial charge in [-0.15, -0.1) is 11.3 Å². The molecular weight excluding hydrogens is 182 g/mol. The predicted molar refractivity (Wildman–Crippen MR) is 53.6 cm³/mol. The lowest BCUT2D eigenvalue weighted by Crippen LogP contribution is -1.76. The molecule has 1 aromatic heterocycles. The van der Waals surface area contributed by atoms with E-state index in [1.807, 2.05) is 23.7 Å². The second-order valence-corrected chi connectivity index (χ2v) is 3.38. The first-order chi connectivity index (χ1) is 6.40. The van der Waals surface area contributed by atoms with E-state index in [0.717, 1.165) is 15.8 Å². The molecule has 2 aromatic rings. The van der Waals surface area contributed by atoms with Crippen LogP contribution in [-0.4, -0.2) is 16.7 Å². The van der Waals surface area contributed by atoms with Gasteiger partial charge in [0, 0.05) is 5.56 Å². The number of hydrogen-bond donors (Lipinski definition) is 1. The van der Waals surface area contributed by atoms with E-state index in [2.05, 4.69) is 16.8 Å². The van der Waals surface area contributed by atoms with Crippen molar-refractivity contribution >= 4 is 21.6 Å². The number of nitrogens with zero attached hydrogens (tertiary/aromatic N) is 1. The summed E-state index contributed by atoms with van der Waals surface area (Å²) >= 11 is 1.59. The molecule has 13 heavy (non-hydrogen) atoms. The summed E-state index contributed by atoms with van der Waals surface area (Å²) in [6.07, 6.45) is 0. The Kier molecular flexibility index (Phi) is 2.26. The van der Waals surface area contributed by atoms with Gasteiger partial charge in [0.1, 0.15) is 6.61 Å². The van der Waals surface area contributed by atoms with Gasteiger partial charge in [-0.25, -0.2) is 4.98 Å². The minimum absolute atomic E-state index is 0.0965. The average molecular weight is 189 g/mol. The van der Waals surface area contributed by atoms with E-state index in [-0.39, 0.29) is 6.61 Å². The Bertz CT molecular complexity index is 478. The molecule has 0 spiro atoms. The first-order valence-electron chi connectivity index (χ1n) is 3.83. The fourth-order valence-corrected chi connectivity index (χ4v) is 1.79. The maximum atomic E-state index is 8.52. The molecule has 1 N–H and O–H groups in total. The molecule has 1 heterocycles. The molecule has 0 amide bonds. The van der Waals surface area contributed by atoms with Crippen LogP contribution >= 0.6 is 11.3 Å². The third-order valence-electron chi connectivity index (χ3n) is 1.64. The van der Waals surface area contributed by atoms with E-state index in [1.54, 1.807) is 11.3 Å². The molecule has 0 aliphatic carbocycles. The summed E-state index contributed by atoms with van der Waals surface area (Å²) in [6, 6.07) is 5.83. The van der Waals surface area contributed by atoms with Gasteiger partial charge in [0.25, 0.3) is 0 Å². The third-order valence-corrected chi connectivity index (χ3v) is 2.43. The molecular formula is C10H7NOS. The topological polar surface area (TPSA) is 33.1 Å². The minimum Gasteiger partial charge on any atom is -0.384 e. The van der Waals surface area contributed by atoms with Crippen LogP contribution in [0.5, 0.6) is 0 Å². The van der Waals surface area contributed by atoms with Gasteiger partial charge in [0.2, 0.25) is 0 Å². The van der Waals surface area contributed by atoms with Crippen molar-refractivity contribution in [3.63, 3.8) is 0 Å². The van der Waals surface area contributed by atoms with Crippen LogP contribution in [-0.2, 0) is 0 Å². The first kappa shape index (κ1) is 8.24. The SMILES string of the molecule is OCC#Cc1ccc2ncsc2c1. The van der Waals surface area contributed by atoms with Gasteiger partial charge in [-0.05, 0) is 18.2 Å². The standard InChI is InChI=1S/C10H7NOS/c12-5-1-2-8-3-4-9-10(6-8)13-7-11-9/h3-4,6-7,12H,5H2. The second-order valence-electron chi connectivity index (χ2n) is 2.49. The van der Waals surface area contributed by atoms with Crippen LogP contribution in [0.3, 0.4) is 0 Å². The lowest BCUT2D eigenvalue weighted by molar-refractivity contribution is 0.350. The normalized spacial score (nSPS) is 9.62. The number of aliphatic hydroxyl groups excluding tert-OH is 1. The van der Waals surface area contributed by atoms with Crippen molar-refractivity contribution in [3.05, 3.63) is 29.3 Å². The highest BCUT2D eigenvalue weighted by molar-refractivity contribution is 7.16. The maximum absolute atomic E-state index is 8.52. The Morgan fingerprint density at radius 1 is 1.46 bits per heavy atom. The number of rotatable bonds is 0. The largest absolute Gasteiger partial charge is 0.384 e. The Morgan fingerprint density at radius 3 is 3.23 bits per heavy atom. The molecule has 0 saturated heterocycles. The number of aromatic nitrogens is 1. The van der Waals surface area contributed by atoms with Crippen LogP contribution in [0.2, 0.25) is 0 Å². The van der Waals surface area contributed by atoms with Crippen molar-refractivity contribution < 1.29 is 5.11 Å². The van der Waals surface area contributed by atoms with E-state index in [1.165, 1.54) is 0 Å². The predicted octanol–water partition coefficient (Wildman–Crippen LogP) is 1.64. The monoisotopic (exact) mass is 189 g/mol. The zero-order valence-corrected chi connectivity index (χ0v) is 7.64. The molecule has 64 valence electrons. The Labute approximate surface area is 79.9 Å². The van der Waals surface area contributed by atoms with E-state index < -0.39 is 0 Å². The van der Waals surface area contributed by atoms with E-state index in [9.17, 15) is 0 Å². The van der Waals surface area contributed by atoms with Crippen molar-refractivity contribution in [2.75, 3.05) is 6.61 Å². The minimum atomic E-state index is -0.0965. The van der Waals surface area contributed by atoms with Crippen LogP contribution in [0.1, 0.15) is 5.56 Å². The van der Waals surface area contributed by atoms with Crippen LogP contribution in [0.4, 0.5) is 0 Å². The molecule has 0 aliphatic heterocycles. The number of thiazole rings is 1.